The van der Waals surface area contributed by atoms with E-state index in [-0.39, 0.29) is 18.9 Å². The smallest absolute Gasteiger partial charge is 0.411 e. The number of alkyl halides is 3. The van der Waals surface area contributed by atoms with Crippen LogP contribution in [0.1, 0.15) is 16.1 Å². The first kappa shape index (κ1) is 20.2. The highest BCUT2D eigenvalue weighted by Gasteiger charge is 2.27. The highest BCUT2D eigenvalue weighted by atomic mass is 32.2. The SMILES string of the molecule is O=C(NCCOCC(F)(F)F)c1oc2ccccc2c1CSc1ncccn1. The number of para-hydroxylation sites is 1. The number of ether oxygens (including phenoxy) is 1. The topological polar surface area (TPSA) is 77.2 Å². The molecule has 1 N–H and O–H groups in total. The van der Waals surface area contributed by atoms with Crippen LogP contribution in [-0.2, 0) is 10.5 Å². The number of carbonyl (C=O) groups excluding carboxylic acids is 1. The zero-order chi connectivity index (χ0) is 20.0. The molecule has 3 aromatic rings. The van der Waals surface area contributed by atoms with E-state index >= 15 is 0 Å². The van der Waals surface area contributed by atoms with Crippen molar-refractivity contribution in [2.75, 3.05) is 19.8 Å². The monoisotopic (exact) mass is 411 g/mol. The maximum atomic E-state index is 12.5. The van der Waals surface area contributed by atoms with E-state index in [1.165, 1.54) is 11.8 Å². The van der Waals surface area contributed by atoms with Crippen LogP contribution >= 0.6 is 11.8 Å². The van der Waals surface area contributed by atoms with Gasteiger partial charge in [0.1, 0.15) is 12.2 Å². The molecule has 148 valence electrons. The number of nitrogens with zero attached hydrogens (tertiary/aromatic N) is 2. The zero-order valence-electron chi connectivity index (χ0n) is 14.5. The third-order valence-electron chi connectivity index (χ3n) is 3.59. The summed E-state index contributed by atoms with van der Waals surface area (Å²) >= 11 is 1.35. The minimum atomic E-state index is -4.40. The summed E-state index contributed by atoms with van der Waals surface area (Å²) in [6.07, 6.45) is -1.15. The van der Waals surface area contributed by atoms with Gasteiger partial charge in [-0.3, -0.25) is 4.79 Å². The van der Waals surface area contributed by atoms with Crippen molar-refractivity contribution in [2.45, 2.75) is 17.1 Å². The molecule has 0 aliphatic heterocycles. The molecule has 0 saturated heterocycles. The molecule has 0 fully saturated rings. The summed E-state index contributed by atoms with van der Waals surface area (Å²) < 4.78 is 46.3. The van der Waals surface area contributed by atoms with Gasteiger partial charge in [0.2, 0.25) is 0 Å². The summed E-state index contributed by atoms with van der Waals surface area (Å²) in [5.41, 5.74) is 1.22. The molecule has 0 unspecified atom stereocenters. The Morgan fingerprint density at radius 1 is 1.18 bits per heavy atom. The average Bonchev–Trinajstić information content (AvgIpc) is 3.04. The quantitative estimate of drug-likeness (QED) is 0.345. The summed E-state index contributed by atoms with van der Waals surface area (Å²) in [4.78, 5) is 20.8. The minimum absolute atomic E-state index is 0.0691. The summed E-state index contributed by atoms with van der Waals surface area (Å²) in [5, 5.41) is 3.86. The number of thioether (sulfide) groups is 1. The molecule has 2 aromatic heterocycles. The molecule has 3 rings (SSSR count). The molecule has 0 aliphatic rings. The summed E-state index contributed by atoms with van der Waals surface area (Å²) in [7, 11) is 0. The largest absolute Gasteiger partial charge is 0.451 e. The molecule has 1 amide bonds. The van der Waals surface area contributed by atoms with Crippen LogP contribution in [0, 0.1) is 0 Å². The Labute approximate surface area is 162 Å². The van der Waals surface area contributed by atoms with Gasteiger partial charge in [-0.15, -0.1) is 0 Å². The first-order chi connectivity index (χ1) is 13.4. The van der Waals surface area contributed by atoms with Crippen LogP contribution in [-0.4, -0.2) is 41.8 Å². The van der Waals surface area contributed by atoms with Gasteiger partial charge < -0.3 is 14.5 Å². The fraction of sp³-hybridized carbons (Fsp3) is 0.278. The number of nitrogens with one attached hydrogen (secondary N) is 1. The van der Waals surface area contributed by atoms with Crippen LogP contribution in [0.5, 0.6) is 0 Å². The molecular weight excluding hydrogens is 395 g/mol. The Morgan fingerprint density at radius 2 is 1.93 bits per heavy atom. The predicted molar refractivity (Wildman–Crippen MR) is 97.0 cm³/mol. The number of halogens is 3. The number of rotatable bonds is 8. The summed E-state index contributed by atoms with van der Waals surface area (Å²) in [6, 6.07) is 8.90. The molecule has 0 saturated carbocycles. The number of fused-ring (bicyclic) bond motifs is 1. The van der Waals surface area contributed by atoms with Gasteiger partial charge in [-0.25, -0.2) is 9.97 Å². The molecule has 1 aromatic carbocycles. The summed E-state index contributed by atoms with van der Waals surface area (Å²) in [6.45, 7) is -1.68. The van der Waals surface area contributed by atoms with E-state index in [1.54, 1.807) is 30.6 Å². The fourth-order valence-corrected chi connectivity index (χ4v) is 3.26. The molecule has 2 heterocycles. The van der Waals surface area contributed by atoms with Crippen molar-refractivity contribution in [3.05, 3.63) is 54.0 Å². The molecule has 6 nitrogen and oxygen atoms in total. The van der Waals surface area contributed by atoms with Gasteiger partial charge in [0.25, 0.3) is 5.91 Å². The Bertz CT molecular complexity index is 932. The first-order valence-electron chi connectivity index (χ1n) is 8.27. The van der Waals surface area contributed by atoms with E-state index in [1.807, 2.05) is 12.1 Å². The van der Waals surface area contributed by atoms with E-state index in [0.29, 0.717) is 22.1 Å². The summed E-state index contributed by atoms with van der Waals surface area (Å²) in [5.74, 6) is -0.00853. The maximum absolute atomic E-state index is 12.5. The van der Waals surface area contributed by atoms with E-state index in [2.05, 4.69) is 20.0 Å². The van der Waals surface area contributed by atoms with Crippen molar-refractivity contribution in [2.24, 2.45) is 0 Å². The van der Waals surface area contributed by atoms with Gasteiger partial charge in [-0.2, -0.15) is 13.2 Å². The van der Waals surface area contributed by atoms with Crippen molar-refractivity contribution in [3.63, 3.8) is 0 Å². The number of hydrogen-bond acceptors (Lipinski definition) is 6. The number of furan rings is 1. The number of hydrogen-bond donors (Lipinski definition) is 1. The van der Waals surface area contributed by atoms with Gasteiger partial charge in [0.15, 0.2) is 10.9 Å². The van der Waals surface area contributed by atoms with Gasteiger partial charge in [0.05, 0.1) is 6.61 Å². The molecule has 0 radical (unpaired) electrons. The Balaban J connectivity index is 1.68. The van der Waals surface area contributed by atoms with Crippen LogP contribution in [0.15, 0.2) is 52.3 Å². The Morgan fingerprint density at radius 3 is 2.68 bits per heavy atom. The van der Waals surface area contributed by atoms with Gasteiger partial charge in [-0.1, -0.05) is 30.0 Å². The number of amides is 1. The van der Waals surface area contributed by atoms with Crippen molar-refractivity contribution in [1.29, 1.82) is 0 Å². The second-order valence-corrected chi connectivity index (χ2v) is 6.59. The van der Waals surface area contributed by atoms with E-state index in [0.717, 1.165) is 5.39 Å². The van der Waals surface area contributed by atoms with Gasteiger partial charge >= 0.3 is 6.18 Å². The number of aromatic nitrogens is 2. The van der Waals surface area contributed by atoms with Gasteiger partial charge in [-0.05, 0) is 12.1 Å². The van der Waals surface area contributed by atoms with Crippen molar-refractivity contribution in [1.82, 2.24) is 15.3 Å². The Kier molecular flexibility index (Phi) is 6.53. The third-order valence-corrected chi connectivity index (χ3v) is 4.49. The molecule has 10 heteroatoms. The normalized spacial score (nSPS) is 11.7. The maximum Gasteiger partial charge on any atom is 0.411 e. The number of carbonyl (C=O) groups is 1. The van der Waals surface area contributed by atoms with Crippen LogP contribution in [0.2, 0.25) is 0 Å². The van der Waals surface area contributed by atoms with Crippen molar-refractivity contribution in [3.8, 4) is 0 Å². The second kappa shape index (κ2) is 9.07. The van der Waals surface area contributed by atoms with Crippen molar-refractivity contribution < 1.29 is 27.1 Å². The van der Waals surface area contributed by atoms with Crippen LogP contribution in [0.25, 0.3) is 11.0 Å². The predicted octanol–water partition coefficient (Wildman–Crippen LogP) is 3.82. The minimum Gasteiger partial charge on any atom is -0.451 e. The third kappa shape index (κ3) is 5.46. The fourth-order valence-electron chi connectivity index (χ4n) is 2.43. The lowest BCUT2D eigenvalue weighted by Gasteiger charge is -2.08. The van der Waals surface area contributed by atoms with Gasteiger partial charge in [0, 0.05) is 35.6 Å². The molecule has 0 bridgehead atoms. The van der Waals surface area contributed by atoms with E-state index < -0.39 is 18.7 Å². The van der Waals surface area contributed by atoms with Crippen LogP contribution in [0.3, 0.4) is 0 Å². The highest BCUT2D eigenvalue weighted by Crippen LogP contribution is 2.30. The lowest BCUT2D eigenvalue weighted by molar-refractivity contribution is -0.173. The molecule has 0 spiro atoms. The molecule has 0 aliphatic carbocycles. The molecule has 0 atom stereocenters. The molecular formula is C18H16F3N3O3S. The van der Waals surface area contributed by atoms with Crippen LogP contribution in [0.4, 0.5) is 13.2 Å². The van der Waals surface area contributed by atoms with E-state index in [4.69, 9.17) is 4.42 Å². The lowest BCUT2D eigenvalue weighted by Crippen LogP contribution is -2.29. The van der Waals surface area contributed by atoms with Crippen LogP contribution < -0.4 is 5.32 Å². The van der Waals surface area contributed by atoms with E-state index in [9.17, 15) is 18.0 Å². The number of benzene rings is 1. The Hall–Kier alpha value is -2.59. The first-order valence-corrected chi connectivity index (χ1v) is 9.25. The zero-order valence-corrected chi connectivity index (χ0v) is 15.3. The standard InChI is InChI=1S/C18H16F3N3O3S/c19-18(20,21)11-26-9-8-22-16(25)15-13(10-28-17-23-6-3-7-24-17)12-4-1-2-5-14(12)27-15/h1-7H,8-11H2,(H,22,25). The lowest BCUT2D eigenvalue weighted by atomic mass is 10.1. The average molecular weight is 411 g/mol. The second-order valence-electron chi connectivity index (χ2n) is 5.65. The van der Waals surface area contributed by atoms with Crippen molar-refractivity contribution >= 4 is 28.6 Å². The molecule has 28 heavy (non-hydrogen) atoms. The highest BCUT2D eigenvalue weighted by molar-refractivity contribution is 7.98.